The predicted molar refractivity (Wildman–Crippen MR) is 66.2 cm³/mol. The van der Waals surface area contributed by atoms with E-state index in [1.807, 2.05) is 0 Å². The molecular weight excluding hydrogens is 235 g/mol. The van der Waals surface area contributed by atoms with Gasteiger partial charge in [0.1, 0.15) is 5.82 Å². The van der Waals surface area contributed by atoms with Crippen molar-refractivity contribution in [2.45, 2.75) is 13.3 Å². The summed E-state index contributed by atoms with van der Waals surface area (Å²) in [7, 11) is 0. The number of phenolic OH excluding ortho intramolecular Hbond substituents is 3. The van der Waals surface area contributed by atoms with E-state index in [4.69, 9.17) is 6.42 Å². The molecule has 0 aliphatic carbocycles. The van der Waals surface area contributed by atoms with Gasteiger partial charge >= 0.3 is 0 Å². The van der Waals surface area contributed by atoms with E-state index in [1.54, 1.807) is 6.92 Å². The van der Waals surface area contributed by atoms with Gasteiger partial charge in [0.2, 0.25) is 5.75 Å². The zero-order valence-electron chi connectivity index (χ0n) is 9.66. The van der Waals surface area contributed by atoms with Gasteiger partial charge in [-0.15, -0.1) is 6.42 Å². The van der Waals surface area contributed by atoms with Gasteiger partial charge < -0.3 is 15.3 Å². The highest BCUT2D eigenvalue weighted by Gasteiger charge is 2.20. The number of benzene rings is 2. The Hall–Kier alpha value is -2.41. The number of fused-ring (bicyclic) bond motifs is 1. The molecule has 2 aromatic rings. The van der Waals surface area contributed by atoms with Crippen molar-refractivity contribution in [1.29, 1.82) is 0 Å². The number of hydrogen-bond acceptors (Lipinski definition) is 3. The van der Waals surface area contributed by atoms with E-state index in [9.17, 15) is 19.7 Å². The van der Waals surface area contributed by atoms with Crippen molar-refractivity contribution in [3.8, 4) is 29.6 Å². The Kier molecular flexibility index (Phi) is 2.76. The lowest BCUT2D eigenvalue weighted by Gasteiger charge is -2.13. The molecule has 0 radical (unpaired) electrons. The lowest BCUT2D eigenvalue weighted by Crippen LogP contribution is -1.93. The highest BCUT2D eigenvalue weighted by atomic mass is 19.1. The summed E-state index contributed by atoms with van der Waals surface area (Å²) in [5.41, 5.74) is 0.280. The molecule has 0 atom stereocenters. The average molecular weight is 246 g/mol. The van der Waals surface area contributed by atoms with Gasteiger partial charge in [0.05, 0.1) is 5.56 Å². The fourth-order valence-electron chi connectivity index (χ4n) is 2.07. The molecule has 2 rings (SSSR count). The number of rotatable bonds is 1. The minimum absolute atomic E-state index is 0.0325. The monoisotopic (exact) mass is 246 g/mol. The van der Waals surface area contributed by atoms with E-state index in [1.165, 1.54) is 6.07 Å². The Labute approximate surface area is 103 Å². The van der Waals surface area contributed by atoms with E-state index in [0.717, 1.165) is 6.07 Å². The molecule has 0 saturated heterocycles. The van der Waals surface area contributed by atoms with Crippen molar-refractivity contribution in [3.05, 3.63) is 29.1 Å². The first-order valence-corrected chi connectivity index (χ1v) is 5.37. The Bertz CT molecular complexity index is 684. The van der Waals surface area contributed by atoms with E-state index in [0.29, 0.717) is 12.0 Å². The van der Waals surface area contributed by atoms with Crippen LogP contribution in [0.1, 0.15) is 18.1 Å². The molecule has 0 spiro atoms. The van der Waals surface area contributed by atoms with Gasteiger partial charge in [-0.2, -0.15) is 0 Å². The first kappa shape index (κ1) is 12.1. The van der Waals surface area contributed by atoms with Gasteiger partial charge in [-0.1, -0.05) is 12.8 Å². The van der Waals surface area contributed by atoms with Crippen LogP contribution < -0.4 is 0 Å². The number of aryl methyl sites for hydroxylation is 1. The SMILES string of the molecule is C#Cc1c(F)ccc2c(O)c(O)c(O)c(CC)c12. The molecule has 0 bridgehead atoms. The second-order valence-corrected chi connectivity index (χ2v) is 3.87. The summed E-state index contributed by atoms with van der Waals surface area (Å²) in [6, 6.07) is 2.44. The highest BCUT2D eigenvalue weighted by Crippen LogP contribution is 2.46. The van der Waals surface area contributed by atoms with Crippen LogP contribution in [-0.4, -0.2) is 15.3 Å². The summed E-state index contributed by atoms with van der Waals surface area (Å²) in [5.74, 6) is 0.0126. The van der Waals surface area contributed by atoms with Crippen LogP contribution in [0.15, 0.2) is 12.1 Å². The summed E-state index contributed by atoms with van der Waals surface area (Å²) < 4.78 is 13.6. The van der Waals surface area contributed by atoms with Crippen molar-refractivity contribution in [2.24, 2.45) is 0 Å². The molecule has 3 N–H and O–H groups in total. The lowest BCUT2D eigenvalue weighted by atomic mass is 9.95. The largest absolute Gasteiger partial charge is 0.504 e. The van der Waals surface area contributed by atoms with Crippen LogP contribution in [0.5, 0.6) is 17.2 Å². The Morgan fingerprint density at radius 3 is 2.39 bits per heavy atom. The molecule has 0 aliphatic rings. The first-order valence-electron chi connectivity index (χ1n) is 5.37. The Morgan fingerprint density at radius 2 is 1.83 bits per heavy atom. The summed E-state index contributed by atoms with van der Waals surface area (Å²) >= 11 is 0. The zero-order valence-corrected chi connectivity index (χ0v) is 9.66. The smallest absolute Gasteiger partial charge is 0.201 e. The maximum Gasteiger partial charge on any atom is 0.201 e. The van der Waals surface area contributed by atoms with Crippen LogP contribution in [0, 0.1) is 18.2 Å². The van der Waals surface area contributed by atoms with Crippen molar-refractivity contribution in [1.82, 2.24) is 0 Å². The van der Waals surface area contributed by atoms with Gasteiger partial charge in [0.25, 0.3) is 0 Å². The number of aromatic hydroxyl groups is 3. The third-order valence-electron chi connectivity index (χ3n) is 2.94. The van der Waals surface area contributed by atoms with Crippen LogP contribution in [0.2, 0.25) is 0 Å². The van der Waals surface area contributed by atoms with Gasteiger partial charge in [0, 0.05) is 16.3 Å². The van der Waals surface area contributed by atoms with Crippen molar-refractivity contribution >= 4 is 10.8 Å². The van der Waals surface area contributed by atoms with Gasteiger partial charge in [-0.25, -0.2) is 4.39 Å². The Morgan fingerprint density at radius 1 is 1.17 bits per heavy atom. The molecule has 92 valence electrons. The summed E-state index contributed by atoms with van der Waals surface area (Å²) in [4.78, 5) is 0. The minimum Gasteiger partial charge on any atom is -0.504 e. The topological polar surface area (TPSA) is 60.7 Å². The van der Waals surface area contributed by atoms with Crippen LogP contribution in [0.25, 0.3) is 10.8 Å². The van der Waals surface area contributed by atoms with Crippen LogP contribution in [-0.2, 0) is 6.42 Å². The number of hydrogen-bond donors (Lipinski definition) is 3. The first-order chi connectivity index (χ1) is 8.52. The van der Waals surface area contributed by atoms with Gasteiger partial charge in [-0.05, 0) is 18.6 Å². The predicted octanol–water partition coefficient (Wildman–Crippen LogP) is 2.64. The normalized spacial score (nSPS) is 10.5. The molecule has 0 saturated carbocycles. The van der Waals surface area contributed by atoms with Gasteiger partial charge in [0.15, 0.2) is 11.5 Å². The van der Waals surface area contributed by atoms with E-state index in [-0.39, 0.29) is 16.3 Å². The molecule has 4 heteroatoms. The maximum atomic E-state index is 13.6. The highest BCUT2D eigenvalue weighted by molar-refractivity contribution is 5.99. The second-order valence-electron chi connectivity index (χ2n) is 3.87. The average Bonchev–Trinajstić information content (AvgIpc) is 2.37. The van der Waals surface area contributed by atoms with Crippen molar-refractivity contribution < 1.29 is 19.7 Å². The maximum absolute atomic E-state index is 13.6. The molecule has 0 unspecified atom stereocenters. The van der Waals surface area contributed by atoms with Crippen LogP contribution in [0.4, 0.5) is 4.39 Å². The molecular formula is C14H11FO3. The fraction of sp³-hybridized carbons (Fsp3) is 0.143. The standard InChI is InChI=1S/C14H11FO3/c1-3-7-10(15)6-5-9-11(7)8(4-2)12(16)14(18)13(9)17/h1,5-6,16-18H,4H2,2H3. The minimum atomic E-state index is -0.617. The third-order valence-corrected chi connectivity index (χ3v) is 2.94. The molecule has 0 amide bonds. The number of terminal acetylenes is 1. The van der Waals surface area contributed by atoms with E-state index < -0.39 is 23.1 Å². The summed E-state index contributed by atoms with van der Waals surface area (Å²) in [6.45, 7) is 1.73. The Balaban J connectivity index is 3.13. The van der Waals surface area contributed by atoms with Crippen LogP contribution in [0.3, 0.4) is 0 Å². The van der Waals surface area contributed by atoms with E-state index in [2.05, 4.69) is 5.92 Å². The molecule has 0 aromatic heterocycles. The number of halogens is 1. The summed E-state index contributed by atoms with van der Waals surface area (Å²) in [5, 5.41) is 29.6. The molecule has 18 heavy (non-hydrogen) atoms. The van der Waals surface area contributed by atoms with Crippen LogP contribution >= 0.6 is 0 Å². The van der Waals surface area contributed by atoms with E-state index >= 15 is 0 Å². The quantitative estimate of drug-likeness (QED) is 0.535. The third kappa shape index (κ3) is 1.45. The van der Waals surface area contributed by atoms with Crippen molar-refractivity contribution in [2.75, 3.05) is 0 Å². The number of phenols is 3. The fourth-order valence-corrected chi connectivity index (χ4v) is 2.07. The molecule has 2 aromatic carbocycles. The van der Waals surface area contributed by atoms with Crippen molar-refractivity contribution in [3.63, 3.8) is 0 Å². The summed E-state index contributed by atoms with van der Waals surface area (Å²) in [6.07, 6.45) is 5.60. The molecule has 3 nitrogen and oxygen atoms in total. The molecule has 0 fully saturated rings. The lowest BCUT2D eigenvalue weighted by molar-refractivity contribution is 0.369. The van der Waals surface area contributed by atoms with Gasteiger partial charge in [-0.3, -0.25) is 0 Å². The molecule has 0 heterocycles. The second kappa shape index (κ2) is 4.11. The molecule has 0 aliphatic heterocycles. The zero-order chi connectivity index (χ0) is 13.4.